The second-order valence-electron chi connectivity index (χ2n) is 33.2. The number of hydrogen-bond acceptors (Lipinski definition) is 2. The molecule has 2 heteroatoms. The van der Waals surface area contributed by atoms with Gasteiger partial charge in [0.05, 0.1) is 11.4 Å². The number of anilines is 6. The number of rotatable bonds is 39. The number of benzene rings is 7. The maximum atomic E-state index is 2.90. The summed E-state index contributed by atoms with van der Waals surface area (Å²) in [6.07, 6.45) is 26.4. The Morgan fingerprint density at radius 1 is 0.267 bits per heavy atom. The van der Waals surface area contributed by atoms with Crippen LogP contribution in [0.15, 0.2) is 115 Å². The predicted octanol–water partition coefficient (Wildman–Crippen LogP) is 32.4. The summed E-state index contributed by atoms with van der Waals surface area (Å²) in [6.45, 7) is 66.6. The Bertz CT molecular complexity index is 3510. The summed E-state index contributed by atoms with van der Waals surface area (Å²) in [6, 6.07) is 50.3. The molecule has 7 aromatic carbocycles. The van der Waals surface area contributed by atoms with Crippen molar-refractivity contribution in [3.8, 4) is 0 Å². The molecular weight excluding hydrogens is 1220 g/mol. The van der Waals surface area contributed by atoms with E-state index in [9.17, 15) is 0 Å². The molecule has 2 nitrogen and oxygen atoms in total. The standard InChI is InChI=1S/C99H150N2/c1-28-53-71(24)85(29-2)72-58-74(93(30-3,31-4)32-5)63-81(59-72)100(82-64-75(94(33-6,34-7)35-8)60-76(65-82)95(36-9,37-10)38-11)90-86-54-51-52-55-87(86)91(89-70-73(92(25,26)27)56-57-88(89)90)101(83-66-77(96(39-12,40-13)41-14)61-78(67-83)97(42-15,43-16)44-17)84-68-79(98(45-18,46-19)47-20)62-80(69-84)99(48-21,49-22)50-23/h51-52,54-71,85H,28-50,53H2,1-27H3. The van der Waals surface area contributed by atoms with Gasteiger partial charge in [-0.2, -0.15) is 0 Å². The minimum absolute atomic E-state index is 0.00845. The highest BCUT2D eigenvalue weighted by Gasteiger charge is 2.40. The maximum absolute atomic E-state index is 2.90. The van der Waals surface area contributed by atoms with Gasteiger partial charge in [-0.3, -0.25) is 0 Å². The van der Waals surface area contributed by atoms with E-state index >= 15 is 0 Å². The second kappa shape index (κ2) is 34.7. The molecule has 2 unspecified atom stereocenters. The van der Waals surface area contributed by atoms with Crippen LogP contribution in [0.1, 0.15) is 397 Å². The third kappa shape index (κ3) is 15.3. The van der Waals surface area contributed by atoms with Gasteiger partial charge in [-0.25, -0.2) is 0 Å². The van der Waals surface area contributed by atoms with E-state index in [4.69, 9.17) is 0 Å². The molecule has 0 spiro atoms. The lowest BCUT2D eigenvalue weighted by Crippen LogP contribution is -2.29. The van der Waals surface area contributed by atoms with Crippen LogP contribution in [0.5, 0.6) is 0 Å². The largest absolute Gasteiger partial charge is 0.309 e. The number of fused-ring (bicyclic) bond motifs is 2. The highest BCUT2D eigenvalue weighted by molar-refractivity contribution is 6.23. The van der Waals surface area contributed by atoms with Crippen molar-refractivity contribution < 1.29 is 0 Å². The van der Waals surface area contributed by atoms with Crippen molar-refractivity contribution in [2.24, 2.45) is 5.92 Å². The van der Waals surface area contributed by atoms with Crippen LogP contribution in [0.2, 0.25) is 0 Å². The SMILES string of the molecule is CCCC(C)C(CC)c1cc(N(c2cc(C(CC)(CC)CC)cc(C(CC)(CC)CC)c2)c2c3ccccc3c(N(c3cc(C(CC)(CC)CC)cc(C(CC)(CC)CC)c3)c3cc(C(CC)(CC)CC)cc(C(CC)(CC)CC)c3)c3cc(C(C)(C)C)ccc23)cc(C(CC)(CC)CC)c1. The fraction of sp³-hybridized carbons (Fsp3) is 0.616. The Morgan fingerprint density at radius 2 is 0.515 bits per heavy atom. The van der Waals surface area contributed by atoms with Crippen molar-refractivity contribution in [3.63, 3.8) is 0 Å². The molecular formula is C99H150N2. The van der Waals surface area contributed by atoms with Crippen molar-refractivity contribution in [1.82, 2.24) is 0 Å². The predicted molar refractivity (Wildman–Crippen MR) is 454 cm³/mol. The van der Waals surface area contributed by atoms with Gasteiger partial charge in [0.15, 0.2) is 0 Å². The Balaban J connectivity index is 1.96. The molecule has 0 N–H and O–H groups in total. The molecule has 7 aromatic rings. The summed E-state index contributed by atoms with van der Waals surface area (Å²) < 4.78 is 0. The molecule has 0 radical (unpaired) electrons. The molecule has 0 amide bonds. The van der Waals surface area contributed by atoms with Gasteiger partial charge in [0.2, 0.25) is 0 Å². The number of hydrogen-bond donors (Lipinski definition) is 0. The first-order chi connectivity index (χ1) is 48.3. The van der Waals surface area contributed by atoms with Gasteiger partial charge >= 0.3 is 0 Å². The first kappa shape index (κ1) is 82.9. The molecule has 556 valence electrons. The van der Waals surface area contributed by atoms with Crippen LogP contribution >= 0.6 is 0 Å². The molecule has 0 saturated heterocycles. The van der Waals surface area contributed by atoms with Crippen molar-refractivity contribution in [1.29, 1.82) is 0 Å². The topological polar surface area (TPSA) is 6.48 Å². The van der Waals surface area contributed by atoms with Gasteiger partial charge in [-0.1, -0.05) is 260 Å². The molecule has 2 atom stereocenters. The molecule has 0 aromatic heterocycles. The Kier molecular flexibility index (Phi) is 28.5. The van der Waals surface area contributed by atoms with E-state index in [2.05, 4.69) is 312 Å². The van der Waals surface area contributed by atoms with E-state index in [1.165, 1.54) is 119 Å². The fourth-order valence-electron chi connectivity index (χ4n) is 20.4. The number of nitrogens with zero attached hydrogens (tertiary/aromatic N) is 2. The quantitative estimate of drug-likeness (QED) is 0.0280. The van der Waals surface area contributed by atoms with Gasteiger partial charge < -0.3 is 9.80 Å². The van der Waals surface area contributed by atoms with Gasteiger partial charge in [0.25, 0.3) is 0 Å². The van der Waals surface area contributed by atoms with Crippen molar-refractivity contribution in [2.75, 3.05) is 9.80 Å². The molecule has 0 heterocycles. The lowest BCUT2D eigenvalue weighted by Gasteiger charge is -2.41. The fourth-order valence-corrected chi connectivity index (χ4v) is 20.4. The van der Waals surface area contributed by atoms with Gasteiger partial charge in [0.1, 0.15) is 0 Å². The molecule has 0 bridgehead atoms. The van der Waals surface area contributed by atoms with Crippen molar-refractivity contribution >= 4 is 55.7 Å². The van der Waals surface area contributed by atoms with Crippen LogP contribution in [0, 0.1) is 5.92 Å². The zero-order valence-electron chi connectivity index (χ0n) is 70.5. The van der Waals surface area contributed by atoms with E-state index in [0.717, 1.165) is 141 Å². The minimum Gasteiger partial charge on any atom is -0.309 e. The summed E-state index contributed by atoms with van der Waals surface area (Å²) in [4.78, 5) is 5.78. The lowest BCUT2D eigenvalue weighted by atomic mass is 9.68. The first-order valence-corrected chi connectivity index (χ1v) is 42.5. The average molecular weight is 1370 g/mol. The highest BCUT2D eigenvalue weighted by atomic mass is 15.2. The van der Waals surface area contributed by atoms with Gasteiger partial charge in [0, 0.05) is 44.3 Å². The molecule has 0 aliphatic carbocycles. The Labute approximate surface area is 623 Å². The second-order valence-corrected chi connectivity index (χ2v) is 33.2. The van der Waals surface area contributed by atoms with Crippen LogP contribution in [-0.2, 0) is 43.3 Å². The van der Waals surface area contributed by atoms with Gasteiger partial charge in [-0.15, -0.1) is 0 Å². The van der Waals surface area contributed by atoms with E-state index < -0.39 is 0 Å². The Hall–Kier alpha value is -5.34. The van der Waals surface area contributed by atoms with Crippen molar-refractivity contribution in [2.45, 2.75) is 390 Å². The summed E-state index contributed by atoms with van der Waals surface area (Å²) >= 11 is 0. The molecule has 0 saturated carbocycles. The Morgan fingerprint density at radius 3 is 0.762 bits per heavy atom. The lowest BCUT2D eigenvalue weighted by molar-refractivity contribution is 0.368. The van der Waals surface area contributed by atoms with Gasteiger partial charge in [-0.05, 0) is 301 Å². The third-order valence-corrected chi connectivity index (χ3v) is 29.8. The van der Waals surface area contributed by atoms with E-state index in [-0.39, 0.29) is 43.3 Å². The summed E-state index contributed by atoms with van der Waals surface area (Å²) in [5, 5.41) is 5.20. The molecule has 0 fully saturated rings. The molecule has 101 heavy (non-hydrogen) atoms. The maximum Gasteiger partial charge on any atom is 0.0620 e. The zero-order valence-corrected chi connectivity index (χ0v) is 70.5. The third-order valence-electron chi connectivity index (χ3n) is 29.8. The zero-order chi connectivity index (χ0) is 74.7. The summed E-state index contributed by atoms with van der Waals surface area (Å²) in [7, 11) is 0. The van der Waals surface area contributed by atoms with Crippen LogP contribution in [0.4, 0.5) is 34.1 Å². The summed E-state index contributed by atoms with van der Waals surface area (Å²) in [5.74, 6) is 0.956. The summed E-state index contributed by atoms with van der Waals surface area (Å²) in [5.41, 5.74) is 21.0. The molecule has 7 rings (SSSR count). The highest BCUT2D eigenvalue weighted by Crippen LogP contribution is 2.57. The average Bonchev–Trinajstić information content (AvgIpc) is 0.718. The van der Waals surface area contributed by atoms with Crippen LogP contribution < -0.4 is 9.80 Å². The molecule has 0 aliphatic heterocycles. The van der Waals surface area contributed by atoms with Crippen molar-refractivity contribution in [3.05, 3.63) is 165 Å². The van der Waals surface area contributed by atoms with Crippen LogP contribution in [-0.4, -0.2) is 0 Å². The first-order valence-electron chi connectivity index (χ1n) is 42.5. The minimum atomic E-state index is -0.145. The monoisotopic (exact) mass is 1370 g/mol. The smallest absolute Gasteiger partial charge is 0.0620 e. The van der Waals surface area contributed by atoms with E-state index in [1.54, 1.807) is 0 Å². The van der Waals surface area contributed by atoms with E-state index in [1.807, 2.05) is 0 Å². The van der Waals surface area contributed by atoms with Crippen LogP contribution in [0.3, 0.4) is 0 Å². The molecule has 0 aliphatic rings. The normalized spacial score (nSPS) is 13.8. The van der Waals surface area contributed by atoms with Crippen LogP contribution in [0.25, 0.3) is 21.5 Å². The van der Waals surface area contributed by atoms with E-state index in [0.29, 0.717) is 11.8 Å².